The van der Waals surface area contributed by atoms with Gasteiger partial charge in [0.15, 0.2) is 17.5 Å². The second kappa shape index (κ2) is 13.3. The van der Waals surface area contributed by atoms with E-state index in [9.17, 15) is 0 Å². The van der Waals surface area contributed by atoms with Gasteiger partial charge in [-0.05, 0) is 64.7 Å². The van der Waals surface area contributed by atoms with E-state index in [0.29, 0.717) is 17.5 Å². The maximum atomic E-state index is 5.05. The topological polar surface area (TPSA) is 43.6 Å². The number of para-hydroxylation sites is 1. The van der Waals surface area contributed by atoms with Gasteiger partial charge in [0.2, 0.25) is 0 Å². The largest absolute Gasteiger partial charge is 0.309 e. The first-order valence-corrected chi connectivity index (χ1v) is 19.6. The molecule has 8 aromatic carbocycles. The second-order valence-corrected chi connectivity index (χ2v) is 15.1. The molecule has 3 heterocycles. The van der Waals surface area contributed by atoms with Crippen LogP contribution in [0.25, 0.3) is 104 Å². The standard InChI is InChI=1S/C51H32N4S/c1-4-15-33(16-5-1)38-30-39(36-21-14-22-37(29-36)51-53-49(34-17-6-2-7-18-34)52-50(54-51)35-19-8-3-9-20-35)32-40(31-38)55-44-25-12-10-23-41(44)42-27-28-46-47(48(42)55)43-24-11-13-26-45(43)56-46/h1-32H. The number of hydrogen-bond donors (Lipinski definition) is 0. The van der Waals surface area contributed by atoms with Crippen LogP contribution in [0.15, 0.2) is 194 Å². The van der Waals surface area contributed by atoms with Gasteiger partial charge < -0.3 is 4.57 Å². The monoisotopic (exact) mass is 732 g/mol. The summed E-state index contributed by atoms with van der Waals surface area (Å²) in [4.78, 5) is 15.0. The highest BCUT2D eigenvalue weighted by Gasteiger charge is 2.20. The number of rotatable bonds is 6. The van der Waals surface area contributed by atoms with Crippen LogP contribution in [0, 0.1) is 0 Å². The zero-order valence-corrected chi connectivity index (χ0v) is 31.0. The van der Waals surface area contributed by atoms with Gasteiger partial charge in [0.25, 0.3) is 0 Å². The molecule has 5 heteroatoms. The van der Waals surface area contributed by atoms with Crippen molar-refractivity contribution in [2.75, 3.05) is 0 Å². The van der Waals surface area contributed by atoms with Crippen LogP contribution in [-0.2, 0) is 0 Å². The smallest absolute Gasteiger partial charge is 0.164 e. The Balaban J connectivity index is 1.15. The second-order valence-electron chi connectivity index (χ2n) is 14.0. The fourth-order valence-electron chi connectivity index (χ4n) is 8.01. The van der Waals surface area contributed by atoms with Crippen LogP contribution in [0.5, 0.6) is 0 Å². The molecule has 0 atom stereocenters. The lowest BCUT2D eigenvalue weighted by Crippen LogP contribution is -2.00. The summed E-state index contributed by atoms with van der Waals surface area (Å²) in [7, 11) is 0. The molecular weight excluding hydrogens is 701 g/mol. The Morgan fingerprint density at radius 2 is 0.857 bits per heavy atom. The third kappa shape index (κ3) is 5.48. The van der Waals surface area contributed by atoms with Gasteiger partial charge in [-0.1, -0.05) is 152 Å². The summed E-state index contributed by atoms with van der Waals surface area (Å²) in [6.45, 7) is 0. The fourth-order valence-corrected chi connectivity index (χ4v) is 9.12. The van der Waals surface area contributed by atoms with E-state index in [1.807, 2.05) is 72.0 Å². The Kier molecular flexibility index (Phi) is 7.64. The van der Waals surface area contributed by atoms with E-state index in [0.717, 1.165) is 44.6 Å². The van der Waals surface area contributed by atoms with Crippen molar-refractivity contribution in [2.24, 2.45) is 0 Å². The lowest BCUT2D eigenvalue weighted by molar-refractivity contribution is 1.07. The summed E-state index contributed by atoms with van der Waals surface area (Å²) >= 11 is 1.86. The number of aromatic nitrogens is 4. The van der Waals surface area contributed by atoms with Crippen molar-refractivity contribution in [3.63, 3.8) is 0 Å². The number of benzene rings is 8. The fraction of sp³-hybridized carbons (Fsp3) is 0. The van der Waals surface area contributed by atoms with Gasteiger partial charge in [-0.15, -0.1) is 11.3 Å². The number of fused-ring (bicyclic) bond motifs is 7. The number of nitrogens with zero attached hydrogens (tertiary/aromatic N) is 4. The molecule has 56 heavy (non-hydrogen) atoms. The van der Waals surface area contributed by atoms with Crippen LogP contribution in [-0.4, -0.2) is 19.5 Å². The zero-order valence-electron chi connectivity index (χ0n) is 30.2. The van der Waals surface area contributed by atoms with Crippen LogP contribution in [0.3, 0.4) is 0 Å². The van der Waals surface area contributed by atoms with Crippen molar-refractivity contribution < 1.29 is 0 Å². The molecule has 0 fully saturated rings. The molecule has 0 radical (unpaired) electrons. The molecule has 11 rings (SSSR count). The summed E-state index contributed by atoms with van der Waals surface area (Å²) < 4.78 is 5.07. The quantitative estimate of drug-likeness (QED) is 0.171. The highest BCUT2D eigenvalue weighted by atomic mass is 32.1. The molecule has 0 spiro atoms. The Morgan fingerprint density at radius 1 is 0.339 bits per heavy atom. The van der Waals surface area contributed by atoms with Gasteiger partial charge in [-0.25, -0.2) is 15.0 Å². The van der Waals surface area contributed by atoms with Crippen LogP contribution in [0.1, 0.15) is 0 Å². The molecule has 0 saturated heterocycles. The predicted octanol–water partition coefficient (Wildman–Crippen LogP) is 13.7. The molecule has 262 valence electrons. The maximum Gasteiger partial charge on any atom is 0.164 e. The molecule has 3 aromatic heterocycles. The summed E-state index contributed by atoms with van der Waals surface area (Å²) in [6, 6.07) is 68.7. The van der Waals surface area contributed by atoms with E-state index in [-0.39, 0.29) is 0 Å². The average Bonchev–Trinajstić information content (AvgIpc) is 3.83. The van der Waals surface area contributed by atoms with E-state index >= 15 is 0 Å². The molecule has 4 nitrogen and oxygen atoms in total. The Labute approximate surface area is 327 Å². The van der Waals surface area contributed by atoms with Gasteiger partial charge in [-0.2, -0.15) is 0 Å². The van der Waals surface area contributed by atoms with Crippen LogP contribution < -0.4 is 0 Å². The van der Waals surface area contributed by atoms with E-state index in [4.69, 9.17) is 15.0 Å². The number of hydrogen-bond acceptors (Lipinski definition) is 4. The molecule has 0 aliphatic carbocycles. The van der Waals surface area contributed by atoms with E-state index in [1.54, 1.807) is 0 Å². The van der Waals surface area contributed by atoms with Crippen LogP contribution in [0.4, 0.5) is 0 Å². The van der Waals surface area contributed by atoms with Crippen molar-refractivity contribution in [3.05, 3.63) is 194 Å². The molecular formula is C51H32N4S. The minimum absolute atomic E-state index is 0.633. The van der Waals surface area contributed by atoms with Crippen molar-refractivity contribution in [2.45, 2.75) is 0 Å². The molecule has 0 bridgehead atoms. The SMILES string of the molecule is c1ccc(-c2cc(-c3cccc(-c4nc(-c5ccccc5)nc(-c5ccccc5)n4)c3)cc(-n3c4ccccc4c4ccc5sc6ccccc6c5c43)c2)cc1. The average molecular weight is 733 g/mol. The normalized spacial score (nSPS) is 11.6. The summed E-state index contributed by atoms with van der Waals surface area (Å²) in [6.07, 6.45) is 0. The molecule has 0 saturated carbocycles. The van der Waals surface area contributed by atoms with Crippen molar-refractivity contribution in [1.82, 2.24) is 19.5 Å². The Morgan fingerprint density at radius 3 is 1.55 bits per heavy atom. The molecule has 0 aliphatic heterocycles. The van der Waals surface area contributed by atoms with Gasteiger partial charge in [0, 0.05) is 53.3 Å². The minimum atomic E-state index is 0.633. The molecule has 0 aliphatic rings. The summed E-state index contributed by atoms with van der Waals surface area (Å²) in [5.41, 5.74) is 10.8. The minimum Gasteiger partial charge on any atom is -0.309 e. The van der Waals surface area contributed by atoms with Gasteiger partial charge in [0.05, 0.1) is 11.0 Å². The summed E-state index contributed by atoms with van der Waals surface area (Å²) in [5.74, 6) is 1.92. The van der Waals surface area contributed by atoms with Gasteiger partial charge >= 0.3 is 0 Å². The van der Waals surface area contributed by atoms with Gasteiger partial charge in [0.1, 0.15) is 0 Å². The molecule has 0 unspecified atom stereocenters. The molecule has 0 amide bonds. The number of thiophene rings is 1. The van der Waals surface area contributed by atoms with E-state index in [1.165, 1.54) is 42.0 Å². The van der Waals surface area contributed by atoms with E-state index < -0.39 is 0 Å². The lowest BCUT2D eigenvalue weighted by atomic mass is 9.96. The van der Waals surface area contributed by atoms with Crippen molar-refractivity contribution >= 4 is 53.3 Å². The highest BCUT2D eigenvalue weighted by molar-refractivity contribution is 7.26. The van der Waals surface area contributed by atoms with Crippen LogP contribution in [0.2, 0.25) is 0 Å². The van der Waals surface area contributed by atoms with Crippen molar-refractivity contribution in [3.8, 4) is 62.1 Å². The maximum absolute atomic E-state index is 5.05. The van der Waals surface area contributed by atoms with E-state index in [2.05, 4.69) is 138 Å². The molecule has 11 aromatic rings. The van der Waals surface area contributed by atoms with Crippen molar-refractivity contribution in [1.29, 1.82) is 0 Å². The molecule has 0 N–H and O–H groups in total. The predicted molar refractivity (Wildman–Crippen MR) is 234 cm³/mol. The first-order chi connectivity index (χ1) is 27.7. The Hall–Kier alpha value is -7.21. The third-order valence-electron chi connectivity index (χ3n) is 10.6. The third-order valence-corrected chi connectivity index (χ3v) is 11.7. The highest BCUT2D eigenvalue weighted by Crippen LogP contribution is 2.44. The zero-order chi connectivity index (χ0) is 37.0. The van der Waals surface area contributed by atoms with Gasteiger partial charge in [-0.3, -0.25) is 0 Å². The van der Waals surface area contributed by atoms with Crippen LogP contribution >= 0.6 is 11.3 Å². The first-order valence-electron chi connectivity index (χ1n) is 18.8. The lowest BCUT2D eigenvalue weighted by Gasteiger charge is -2.15. The Bertz CT molecular complexity index is 3180. The summed E-state index contributed by atoms with van der Waals surface area (Å²) in [5, 5.41) is 5.08. The first kappa shape index (κ1) is 32.2.